The van der Waals surface area contributed by atoms with Crippen molar-refractivity contribution < 1.29 is 0 Å². The first-order valence-corrected chi connectivity index (χ1v) is 6.63. The summed E-state index contributed by atoms with van der Waals surface area (Å²) in [7, 11) is 0. The summed E-state index contributed by atoms with van der Waals surface area (Å²) in [4.78, 5) is 8.20. The first-order chi connectivity index (χ1) is 8.74. The Hall–Kier alpha value is -1.62. The van der Waals surface area contributed by atoms with Crippen molar-refractivity contribution in [3.05, 3.63) is 46.3 Å². The Morgan fingerprint density at radius 3 is 3.11 bits per heavy atom. The number of fused-ring (bicyclic) bond motifs is 1. The van der Waals surface area contributed by atoms with Crippen molar-refractivity contribution in [2.75, 3.05) is 11.1 Å². The Bertz CT molecular complexity index is 585. The molecule has 1 atom stereocenters. The van der Waals surface area contributed by atoms with E-state index in [2.05, 4.69) is 43.3 Å². The van der Waals surface area contributed by atoms with E-state index in [4.69, 9.17) is 5.73 Å². The topological polar surface area (TPSA) is 63.8 Å². The number of nitrogens with two attached hydrogens (primary N) is 1. The molecule has 1 unspecified atom stereocenters. The lowest BCUT2D eigenvalue weighted by Crippen LogP contribution is -2.09. The van der Waals surface area contributed by atoms with Gasteiger partial charge in [-0.15, -0.1) is 0 Å². The van der Waals surface area contributed by atoms with Crippen molar-refractivity contribution in [1.82, 2.24) is 9.97 Å². The molecule has 1 heterocycles. The number of anilines is 2. The van der Waals surface area contributed by atoms with E-state index in [1.165, 1.54) is 11.1 Å². The summed E-state index contributed by atoms with van der Waals surface area (Å²) in [6.45, 7) is 0. The van der Waals surface area contributed by atoms with Crippen LogP contribution in [0.1, 0.15) is 23.6 Å². The Kier molecular flexibility index (Phi) is 2.91. The molecule has 0 amide bonds. The van der Waals surface area contributed by atoms with E-state index in [9.17, 15) is 0 Å². The molecule has 0 radical (unpaired) electrons. The largest absolute Gasteiger partial charge is 0.399 e. The van der Waals surface area contributed by atoms with Crippen molar-refractivity contribution in [1.29, 1.82) is 0 Å². The summed E-state index contributed by atoms with van der Waals surface area (Å²) in [5.74, 6) is 0.833. The minimum atomic E-state index is 0.298. The smallest absolute Gasteiger partial charge is 0.144 e. The van der Waals surface area contributed by atoms with Crippen LogP contribution in [0.4, 0.5) is 11.5 Å². The van der Waals surface area contributed by atoms with Gasteiger partial charge in [-0.1, -0.05) is 6.07 Å². The van der Waals surface area contributed by atoms with E-state index in [-0.39, 0.29) is 0 Å². The molecule has 1 aliphatic carbocycles. The van der Waals surface area contributed by atoms with E-state index in [0.29, 0.717) is 6.04 Å². The molecule has 0 fully saturated rings. The van der Waals surface area contributed by atoms with Crippen molar-refractivity contribution in [2.24, 2.45) is 0 Å². The zero-order valence-electron chi connectivity index (χ0n) is 9.73. The number of nitrogens with zero attached hydrogens (tertiary/aromatic N) is 2. The van der Waals surface area contributed by atoms with Crippen LogP contribution in [0.15, 0.2) is 35.2 Å². The van der Waals surface area contributed by atoms with Gasteiger partial charge in [0.15, 0.2) is 0 Å². The minimum Gasteiger partial charge on any atom is -0.399 e. The summed E-state index contributed by atoms with van der Waals surface area (Å²) in [5.41, 5.74) is 9.28. The van der Waals surface area contributed by atoms with Crippen LogP contribution >= 0.6 is 15.9 Å². The molecule has 3 N–H and O–H groups in total. The Labute approximate surface area is 114 Å². The maximum Gasteiger partial charge on any atom is 0.144 e. The summed E-state index contributed by atoms with van der Waals surface area (Å²) in [6, 6.07) is 6.41. The molecule has 1 aliphatic rings. The van der Waals surface area contributed by atoms with Crippen LogP contribution in [0.25, 0.3) is 0 Å². The van der Waals surface area contributed by atoms with Gasteiger partial charge in [-0.3, -0.25) is 0 Å². The third-order valence-electron chi connectivity index (χ3n) is 3.22. The molecule has 0 saturated heterocycles. The van der Waals surface area contributed by atoms with E-state index < -0.39 is 0 Å². The minimum absolute atomic E-state index is 0.298. The summed E-state index contributed by atoms with van der Waals surface area (Å²) in [5, 5.41) is 3.45. The van der Waals surface area contributed by atoms with Crippen molar-refractivity contribution >= 4 is 27.4 Å². The number of nitrogens with one attached hydrogen (secondary N) is 1. The lowest BCUT2D eigenvalue weighted by Gasteiger charge is -2.15. The Morgan fingerprint density at radius 1 is 1.39 bits per heavy atom. The number of hydrogen-bond donors (Lipinski definition) is 2. The van der Waals surface area contributed by atoms with Crippen LogP contribution in [0.3, 0.4) is 0 Å². The molecule has 1 aromatic heterocycles. The average Bonchev–Trinajstić information content (AvgIpc) is 2.74. The molecule has 0 aliphatic heterocycles. The van der Waals surface area contributed by atoms with Crippen LogP contribution in [-0.4, -0.2) is 9.97 Å². The summed E-state index contributed by atoms with van der Waals surface area (Å²) in [6.07, 6.45) is 5.41. The van der Waals surface area contributed by atoms with Crippen LogP contribution in [0, 0.1) is 0 Å². The molecule has 0 bridgehead atoms. The lowest BCUT2D eigenvalue weighted by molar-refractivity contribution is 0.755. The standard InChI is InChI=1S/C13H13BrN4/c14-11-6-16-7-17-13(11)18-12-4-1-8-5-9(15)2-3-10(8)12/h2-3,5-7,12H,1,4,15H2,(H,16,17,18). The monoisotopic (exact) mass is 304 g/mol. The quantitative estimate of drug-likeness (QED) is 0.837. The van der Waals surface area contributed by atoms with E-state index >= 15 is 0 Å². The number of benzene rings is 1. The second kappa shape index (κ2) is 4.57. The van der Waals surface area contributed by atoms with Crippen molar-refractivity contribution in [2.45, 2.75) is 18.9 Å². The van der Waals surface area contributed by atoms with Crippen LogP contribution in [-0.2, 0) is 6.42 Å². The predicted octanol–water partition coefficient (Wildman–Crippen LogP) is 2.92. The highest BCUT2D eigenvalue weighted by atomic mass is 79.9. The fourth-order valence-corrected chi connectivity index (χ4v) is 2.71. The van der Waals surface area contributed by atoms with Gasteiger partial charge >= 0.3 is 0 Å². The molecule has 18 heavy (non-hydrogen) atoms. The molecule has 4 nitrogen and oxygen atoms in total. The highest BCUT2D eigenvalue weighted by Gasteiger charge is 2.23. The van der Waals surface area contributed by atoms with Gasteiger partial charge in [-0.2, -0.15) is 0 Å². The lowest BCUT2D eigenvalue weighted by atomic mass is 10.1. The van der Waals surface area contributed by atoms with Gasteiger partial charge in [0.25, 0.3) is 0 Å². The number of nitrogen functional groups attached to an aromatic ring is 1. The van der Waals surface area contributed by atoms with Gasteiger partial charge in [0.1, 0.15) is 12.1 Å². The highest BCUT2D eigenvalue weighted by Crippen LogP contribution is 2.35. The zero-order chi connectivity index (χ0) is 12.5. The first-order valence-electron chi connectivity index (χ1n) is 5.84. The summed E-state index contributed by atoms with van der Waals surface area (Å²) < 4.78 is 0.883. The molecular formula is C13H13BrN4. The van der Waals surface area contributed by atoms with Gasteiger partial charge in [0, 0.05) is 11.9 Å². The van der Waals surface area contributed by atoms with E-state index in [1.807, 2.05) is 6.07 Å². The number of aryl methyl sites for hydroxylation is 1. The molecule has 92 valence electrons. The predicted molar refractivity (Wildman–Crippen MR) is 75.3 cm³/mol. The highest BCUT2D eigenvalue weighted by molar-refractivity contribution is 9.10. The maximum atomic E-state index is 5.80. The van der Waals surface area contributed by atoms with Gasteiger partial charge in [0.05, 0.1) is 10.5 Å². The van der Waals surface area contributed by atoms with Crippen LogP contribution in [0.2, 0.25) is 0 Å². The normalized spacial score (nSPS) is 17.5. The number of aromatic nitrogens is 2. The van der Waals surface area contributed by atoms with Crippen molar-refractivity contribution in [3.8, 4) is 0 Å². The summed E-state index contributed by atoms with van der Waals surface area (Å²) >= 11 is 3.45. The first kappa shape index (κ1) is 11.5. The Balaban J connectivity index is 1.87. The van der Waals surface area contributed by atoms with Crippen molar-refractivity contribution in [3.63, 3.8) is 0 Å². The number of hydrogen-bond acceptors (Lipinski definition) is 4. The zero-order valence-corrected chi connectivity index (χ0v) is 11.3. The average molecular weight is 305 g/mol. The molecule has 0 spiro atoms. The third kappa shape index (κ3) is 2.06. The molecule has 2 aromatic rings. The number of halogens is 1. The molecular weight excluding hydrogens is 292 g/mol. The van der Waals surface area contributed by atoms with Gasteiger partial charge in [-0.05, 0) is 52.0 Å². The Morgan fingerprint density at radius 2 is 2.28 bits per heavy atom. The van der Waals surface area contributed by atoms with Gasteiger partial charge < -0.3 is 11.1 Å². The van der Waals surface area contributed by atoms with Gasteiger partial charge in [-0.25, -0.2) is 9.97 Å². The van der Waals surface area contributed by atoms with Gasteiger partial charge in [0.2, 0.25) is 0 Å². The third-order valence-corrected chi connectivity index (χ3v) is 3.80. The second-order valence-corrected chi connectivity index (χ2v) is 5.27. The fourth-order valence-electron chi connectivity index (χ4n) is 2.37. The molecule has 5 heteroatoms. The number of rotatable bonds is 2. The van der Waals surface area contributed by atoms with Crippen LogP contribution in [0.5, 0.6) is 0 Å². The SMILES string of the molecule is Nc1ccc2c(c1)CCC2Nc1ncncc1Br. The molecule has 3 rings (SSSR count). The van der Waals surface area contributed by atoms with E-state index in [1.54, 1.807) is 12.5 Å². The fraction of sp³-hybridized carbons (Fsp3) is 0.231. The van der Waals surface area contributed by atoms with Crippen LogP contribution < -0.4 is 11.1 Å². The molecule has 1 aromatic carbocycles. The maximum absolute atomic E-state index is 5.80. The molecule has 0 saturated carbocycles. The second-order valence-electron chi connectivity index (χ2n) is 4.41. The van der Waals surface area contributed by atoms with E-state index in [0.717, 1.165) is 28.8 Å².